The third-order valence-corrected chi connectivity index (χ3v) is 4.84. The first-order chi connectivity index (χ1) is 8.40. The summed E-state index contributed by atoms with van der Waals surface area (Å²) >= 11 is 1.93. The van der Waals surface area contributed by atoms with Crippen LogP contribution < -0.4 is 5.32 Å². The Bertz CT molecular complexity index is 294. The van der Waals surface area contributed by atoms with Crippen molar-refractivity contribution in [3.8, 4) is 0 Å². The minimum atomic E-state index is 0.914. The van der Waals surface area contributed by atoms with Crippen LogP contribution in [0.2, 0.25) is 0 Å². The van der Waals surface area contributed by atoms with Gasteiger partial charge in [-0.1, -0.05) is 25.8 Å². The molecule has 2 unspecified atom stereocenters. The summed E-state index contributed by atoms with van der Waals surface area (Å²) in [4.78, 5) is 1.58. The summed E-state index contributed by atoms with van der Waals surface area (Å²) in [5, 5.41) is 5.83. The third-order valence-electron chi connectivity index (χ3n) is 3.94. The van der Waals surface area contributed by atoms with E-state index in [1.54, 1.807) is 4.88 Å². The lowest BCUT2D eigenvalue weighted by atomic mass is 9.77. The standard InChI is InChI=1S/C15H25NS/c1-2-9-16-12-14-7-4-3-6-13(14)11-15-8-5-10-17-15/h5,8,10,13-14,16H,2-4,6-7,9,11-12H2,1H3. The maximum atomic E-state index is 3.62. The Labute approximate surface area is 110 Å². The Balaban J connectivity index is 1.83. The average molecular weight is 251 g/mol. The zero-order chi connectivity index (χ0) is 11.9. The van der Waals surface area contributed by atoms with Gasteiger partial charge in [-0.25, -0.2) is 0 Å². The molecule has 17 heavy (non-hydrogen) atoms. The van der Waals surface area contributed by atoms with Crippen LogP contribution in [0.4, 0.5) is 0 Å². The van der Waals surface area contributed by atoms with Gasteiger partial charge in [0.15, 0.2) is 0 Å². The van der Waals surface area contributed by atoms with Gasteiger partial charge in [-0.05, 0) is 62.1 Å². The van der Waals surface area contributed by atoms with E-state index >= 15 is 0 Å². The van der Waals surface area contributed by atoms with Crippen LogP contribution in [-0.4, -0.2) is 13.1 Å². The van der Waals surface area contributed by atoms with Crippen molar-refractivity contribution in [2.45, 2.75) is 45.4 Å². The van der Waals surface area contributed by atoms with Gasteiger partial charge in [0.1, 0.15) is 0 Å². The first-order valence-electron chi connectivity index (χ1n) is 7.13. The van der Waals surface area contributed by atoms with E-state index in [0.29, 0.717) is 0 Å². The maximum Gasteiger partial charge on any atom is 0.00480 e. The molecule has 1 aliphatic rings. The summed E-state index contributed by atoms with van der Waals surface area (Å²) < 4.78 is 0. The molecule has 0 spiro atoms. The molecule has 0 amide bonds. The van der Waals surface area contributed by atoms with Crippen molar-refractivity contribution < 1.29 is 0 Å². The average Bonchev–Trinajstić information content (AvgIpc) is 2.84. The molecule has 0 radical (unpaired) electrons. The highest BCUT2D eigenvalue weighted by molar-refractivity contribution is 7.09. The third kappa shape index (κ3) is 4.11. The Morgan fingerprint density at radius 1 is 1.29 bits per heavy atom. The minimum absolute atomic E-state index is 0.914. The van der Waals surface area contributed by atoms with Crippen LogP contribution in [0.1, 0.15) is 43.9 Å². The lowest BCUT2D eigenvalue weighted by Gasteiger charge is -2.31. The zero-order valence-corrected chi connectivity index (χ0v) is 11.8. The van der Waals surface area contributed by atoms with E-state index in [4.69, 9.17) is 0 Å². The number of rotatable bonds is 6. The predicted octanol–water partition coefficient (Wildman–Crippen LogP) is 4.10. The van der Waals surface area contributed by atoms with E-state index in [-0.39, 0.29) is 0 Å². The molecular formula is C15H25NS. The topological polar surface area (TPSA) is 12.0 Å². The summed E-state index contributed by atoms with van der Waals surface area (Å²) in [6.07, 6.45) is 8.33. The van der Waals surface area contributed by atoms with Crippen molar-refractivity contribution in [1.29, 1.82) is 0 Å². The van der Waals surface area contributed by atoms with Crippen molar-refractivity contribution in [3.05, 3.63) is 22.4 Å². The van der Waals surface area contributed by atoms with E-state index in [9.17, 15) is 0 Å². The van der Waals surface area contributed by atoms with Crippen LogP contribution in [-0.2, 0) is 6.42 Å². The van der Waals surface area contributed by atoms with Gasteiger partial charge in [-0.15, -0.1) is 11.3 Å². The molecule has 1 aliphatic carbocycles. The van der Waals surface area contributed by atoms with Crippen LogP contribution in [0.15, 0.2) is 17.5 Å². The second-order valence-corrected chi connectivity index (χ2v) is 6.32. The van der Waals surface area contributed by atoms with Gasteiger partial charge < -0.3 is 5.32 Å². The number of thiophene rings is 1. The SMILES string of the molecule is CCCNCC1CCCCC1Cc1cccs1. The lowest BCUT2D eigenvalue weighted by molar-refractivity contribution is 0.230. The summed E-state index contributed by atoms with van der Waals surface area (Å²) in [5.41, 5.74) is 0. The molecule has 1 heterocycles. The fourth-order valence-corrected chi connectivity index (χ4v) is 3.77. The van der Waals surface area contributed by atoms with Crippen LogP contribution in [0.5, 0.6) is 0 Å². The molecule has 0 bridgehead atoms. The molecule has 1 aromatic heterocycles. The van der Waals surface area contributed by atoms with Crippen molar-refractivity contribution >= 4 is 11.3 Å². The fraction of sp³-hybridized carbons (Fsp3) is 0.733. The van der Waals surface area contributed by atoms with Gasteiger partial charge >= 0.3 is 0 Å². The molecule has 1 saturated carbocycles. The van der Waals surface area contributed by atoms with Crippen molar-refractivity contribution in [2.24, 2.45) is 11.8 Å². The Morgan fingerprint density at radius 2 is 2.12 bits per heavy atom. The van der Waals surface area contributed by atoms with Gasteiger partial charge in [-0.3, -0.25) is 0 Å². The summed E-state index contributed by atoms with van der Waals surface area (Å²) in [6, 6.07) is 4.49. The Kier molecular flexibility index (Phi) is 5.53. The Morgan fingerprint density at radius 3 is 2.82 bits per heavy atom. The largest absolute Gasteiger partial charge is 0.316 e. The normalized spacial score (nSPS) is 25.0. The first kappa shape index (κ1) is 13.1. The summed E-state index contributed by atoms with van der Waals surface area (Å²) in [6.45, 7) is 4.67. The number of hydrogen-bond donors (Lipinski definition) is 1. The second-order valence-electron chi connectivity index (χ2n) is 5.29. The highest BCUT2D eigenvalue weighted by atomic mass is 32.1. The molecule has 2 rings (SSSR count). The highest BCUT2D eigenvalue weighted by Gasteiger charge is 2.24. The van der Waals surface area contributed by atoms with E-state index < -0.39 is 0 Å². The van der Waals surface area contributed by atoms with Crippen LogP contribution in [0.25, 0.3) is 0 Å². The highest BCUT2D eigenvalue weighted by Crippen LogP contribution is 2.33. The van der Waals surface area contributed by atoms with Crippen molar-refractivity contribution in [1.82, 2.24) is 5.32 Å². The lowest BCUT2D eigenvalue weighted by Crippen LogP contribution is -2.31. The fourth-order valence-electron chi connectivity index (χ4n) is 2.97. The summed E-state index contributed by atoms with van der Waals surface area (Å²) in [7, 11) is 0. The number of hydrogen-bond acceptors (Lipinski definition) is 2. The van der Waals surface area contributed by atoms with Gasteiger partial charge in [0.2, 0.25) is 0 Å². The molecule has 2 heteroatoms. The van der Waals surface area contributed by atoms with Gasteiger partial charge in [0, 0.05) is 4.88 Å². The predicted molar refractivity (Wildman–Crippen MR) is 76.6 cm³/mol. The monoisotopic (exact) mass is 251 g/mol. The van der Waals surface area contributed by atoms with E-state index in [1.165, 1.54) is 51.6 Å². The van der Waals surface area contributed by atoms with Crippen LogP contribution in [0.3, 0.4) is 0 Å². The molecule has 2 atom stereocenters. The van der Waals surface area contributed by atoms with Gasteiger partial charge in [-0.2, -0.15) is 0 Å². The van der Waals surface area contributed by atoms with Crippen molar-refractivity contribution in [3.63, 3.8) is 0 Å². The van der Waals surface area contributed by atoms with Crippen molar-refractivity contribution in [2.75, 3.05) is 13.1 Å². The van der Waals surface area contributed by atoms with E-state index in [1.807, 2.05) is 11.3 Å². The molecule has 0 saturated heterocycles. The first-order valence-corrected chi connectivity index (χ1v) is 8.01. The Hall–Kier alpha value is -0.340. The minimum Gasteiger partial charge on any atom is -0.316 e. The zero-order valence-electron chi connectivity index (χ0n) is 11.0. The van der Waals surface area contributed by atoms with Gasteiger partial charge in [0.25, 0.3) is 0 Å². The van der Waals surface area contributed by atoms with Gasteiger partial charge in [0.05, 0.1) is 0 Å². The molecule has 96 valence electrons. The molecule has 1 nitrogen and oxygen atoms in total. The molecule has 0 aromatic carbocycles. The molecule has 0 aliphatic heterocycles. The van der Waals surface area contributed by atoms with E-state index in [0.717, 1.165) is 11.8 Å². The second kappa shape index (κ2) is 7.17. The summed E-state index contributed by atoms with van der Waals surface area (Å²) in [5.74, 6) is 1.84. The maximum absolute atomic E-state index is 3.62. The molecular weight excluding hydrogens is 226 g/mol. The quantitative estimate of drug-likeness (QED) is 0.751. The smallest absolute Gasteiger partial charge is 0.00480 e. The molecule has 1 aromatic rings. The van der Waals surface area contributed by atoms with E-state index in [2.05, 4.69) is 29.8 Å². The van der Waals surface area contributed by atoms with Crippen LogP contribution >= 0.6 is 11.3 Å². The molecule has 1 fully saturated rings. The molecule has 1 N–H and O–H groups in total. The number of nitrogens with one attached hydrogen (secondary N) is 1. The van der Waals surface area contributed by atoms with Crippen LogP contribution in [0, 0.1) is 11.8 Å².